The highest BCUT2D eigenvalue weighted by atomic mass is 16.1. The Morgan fingerprint density at radius 3 is 1.40 bits per heavy atom. The lowest BCUT2D eigenvalue weighted by Crippen LogP contribution is -1.95. The lowest BCUT2D eigenvalue weighted by atomic mass is 10.00. The van der Waals surface area contributed by atoms with Crippen LogP contribution in [0.4, 0.5) is 0 Å². The van der Waals surface area contributed by atoms with E-state index in [2.05, 4.69) is 20.0 Å². The van der Waals surface area contributed by atoms with E-state index >= 15 is 0 Å². The molecule has 2 aromatic carbocycles. The molecule has 0 aliphatic rings. The number of aryl methyl sites for hydroxylation is 2. The van der Waals surface area contributed by atoms with Gasteiger partial charge >= 0.3 is 0 Å². The van der Waals surface area contributed by atoms with Crippen LogP contribution >= 0.6 is 0 Å². The van der Waals surface area contributed by atoms with E-state index in [0.717, 1.165) is 33.4 Å². The number of hydrogen-bond donors (Lipinski definition) is 0. The van der Waals surface area contributed by atoms with Gasteiger partial charge in [0.05, 0.1) is 26.2 Å². The van der Waals surface area contributed by atoms with Gasteiger partial charge < -0.3 is 0 Å². The van der Waals surface area contributed by atoms with Gasteiger partial charge in [-0.1, -0.05) is 36.4 Å². The molecule has 0 spiro atoms. The van der Waals surface area contributed by atoms with E-state index in [9.17, 15) is 19.2 Å². The van der Waals surface area contributed by atoms with Crippen molar-refractivity contribution >= 4 is 24.3 Å². The molecule has 0 unspecified atom stereocenters. The van der Waals surface area contributed by atoms with Gasteiger partial charge in [0.1, 0.15) is 0 Å². The fourth-order valence-corrected chi connectivity index (χ4v) is 2.60. The number of hydrogen-bond acceptors (Lipinski definition) is 8. The second kappa shape index (κ2) is 14.0. The van der Waals surface area contributed by atoms with Crippen molar-refractivity contribution in [1.82, 2.24) is 0 Å². The number of benzene rings is 2. The van der Waals surface area contributed by atoms with E-state index in [1.54, 1.807) is 0 Å². The van der Waals surface area contributed by atoms with E-state index in [1.807, 2.05) is 50.2 Å². The standard InChI is InChI=1S/C12H12N2O2.C10H8N2O2/c1-9-3-10(2)12(6-14-8-16)4-11(9)5-13-7-15;13-7-11-5-9-2-1-3-10(4-9)6-12-8-14/h3-4H,5-6H2,1-2H3;1-4H,5-6H2. The summed E-state index contributed by atoms with van der Waals surface area (Å²) in [6.45, 7) is 5.15. The first-order valence-corrected chi connectivity index (χ1v) is 8.87. The number of rotatable bonds is 8. The molecule has 0 radical (unpaired) electrons. The smallest absolute Gasteiger partial charge is 0.211 e. The van der Waals surface area contributed by atoms with Gasteiger partial charge in [0.15, 0.2) is 0 Å². The van der Waals surface area contributed by atoms with Gasteiger partial charge in [-0.05, 0) is 47.2 Å². The first-order chi connectivity index (χ1) is 14.5. The van der Waals surface area contributed by atoms with Crippen molar-refractivity contribution in [1.29, 1.82) is 0 Å². The molecular weight excluding hydrogens is 384 g/mol. The summed E-state index contributed by atoms with van der Waals surface area (Å²) < 4.78 is 0. The lowest BCUT2D eigenvalue weighted by molar-refractivity contribution is 0.562. The third kappa shape index (κ3) is 8.77. The Hall–Kier alpha value is -4.04. The highest BCUT2D eigenvalue weighted by Gasteiger charge is 2.04. The molecule has 0 fully saturated rings. The minimum absolute atomic E-state index is 0.308. The van der Waals surface area contributed by atoms with Crippen LogP contribution in [0.1, 0.15) is 33.4 Å². The highest BCUT2D eigenvalue weighted by Crippen LogP contribution is 2.17. The Morgan fingerprint density at radius 1 is 0.600 bits per heavy atom. The molecule has 0 N–H and O–H groups in total. The Labute approximate surface area is 173 Å². The zero-order chi connectivity index (χ0) is 22.2. The van der Waals surface area contributed by atoms with Crippen molar-refractivity contribution in [2.45, 2.75) is 40.0 Å². The second-order valence-electron chi connectivity index (χ2n) is 6.16. The molecule has 0 amide bonds. The molecule has 0 bridgehead atoms. The molecule has 8 heteroatoms. The quantitative estimate of drug-likeness (QED) is 0.495. The zero-order valence-electron chi connectivity index (χ0n) is 16.7. The third-order valence-electron chi connectivity index (χ3n) is 4.07. The largest absolute Gasteiger partial charge is 0.235 e. The summed E-state index contributed by atoms with van der Waals surface area (Å²) in [6, 6.07) is 11.2. The summed E-state index contributed by atoms with van der Waals surface area (Å²) in [5, 5.41) is 0. The number of aliphatic imine (C=N–C) groups is 4. The van der Waals surface area contributed by atoms with Gasteiger partial charge in [-0.25, -0.2) is 39.1 Å². The lowest BCUT2D eigenvalue weighted by Gasteiger charge is -2.08. The van der Waals surface area contributed by atoms with Gasteiger partial charge in [0, 0.05) is 0 Å². The van der Waals surface area contributed by atoms with E-state index in [1.165, 1.54) is 24.3 Å². The summed E-state index contributed by atoms with van der Waals surface area (Å²) in [4.78, 5) is 53.8. The fraction of sp³-hybridized carbons (Fsp3) is 0.273. The fourth-order valence-electron chi connectivity index (χ4n) is 2.60. The van der Waals surface area contributed by atoms with E-state index in [0.29, 0.717) is 26.2 Å². The van der Waals surface area contributed by atoms with Crippen molar-refractivity contribution < 1.29 is 19.2 Å². The monoisotopic (exact) mass is 404 g/mol. The molecule has 0 saturated heterocycles. The molecule has 0 saturated carbocycles. The maximum absolute atomic E-state index is 10.1. The Balaban J connectivity index is 0.000000303. The summed E-state index contributed by atoms with van der Waals surface area (Å²) in [6.07, 6.45) is 5.96. The molecule has 0 atom stereocenters. The van der Waals surface area contributed by atoms with Crippen molar-refractivity contribution in [3.05, 3.63) is 69.8 Å². The summed E-state index contributed by atoms with van der Waals surface area (Å²) >= 11 is 0. The van der Waals surface area contributed by atoms with Crippen LogP contribution in [0.15, 0.2) is 56.4 Å². The van der Waals surface area contributed by atoms with Gasteiger partial charge in [-0.2, -0.15) is 0 Å². The topological polar surface area (TPSA) is 118 Å². The molecule has 2 rings (SSSR count). The molecule has 152 valence electrons. The third-order valence-corrected chi connectivity index (χ3v) is 4.07. The van der Waals surface area contributed by atoms with Gasteiger partial charge in [-0.15, -0.1) is 0 Å². The highest BCUT2D eigenvalue weighted by molar-refractivity contribution is 5.41. The SMILES string of the molecule is Cc1cc(C)c(CN=C=O)cc1CN=C=O.O=C=NCc1cccc(CN=C=O)c1. The van der Waals surface area contributed by atoms with Crippen LogP contribution in [0, 0.1) is 13.8 Å². The van der Waals surface area contributed by atoms with Crippen LogP contribution in [0.25, 0.3) is 0 Å². The zero-order valence-corrected chi connectivity index (χ0v) is 16.7. The predicted molar refractivity (Wildman–Crippen MR) is 110 cm³/mol. The summed E-state index contributed by atoms with van der Waals surface area (Å²) in [7, 11) is 0. The predicted octanol–water partition coefficient (Wildman–Crippen LogP) is 3.33. The molecule has 0 aromatic heterocycles. The van der Waals surface area contributed by atoms with Crippen molar-refractivity contribution in [2.75, 3.05) is 0 Å². The number of carbonyl (C=O) groups excluding carboxylic acids is 4. The second-order valence-corrected chi connectivity index (χ2v) is 6.16. The Morgan fingerprint density at radius 2 is 1.00 bits per heavy atom. The minimum Gasteiger partial charge on any atom is -0.211 e. The van der Waals surface area contributed by atoms with Crippen molar-refractivity contribution in [3.8, 4) is 0 Å². The van der Waals surface area contributed by atoms with Crippen LogP contribution in [-0.2, 0) is 45.4 Å². The minimum atomic E-state index is 0.308. The molecular formula is C22H20N4O4. The maximum Gasteiger partial charge on any atom is 0.235 e. The van der Waals surface area contributed by atoms with Crippen LogP contribution < -0.4 is 0 Å². The number of isocyanates is 4. The average Bonchev–Trinajstić information content (AvgIpc) is 2.75. The van der Waals surface area contributed by atoms with Gasteiger partial charge in [0.2, 0.25) is 24.3 Å². The maximum atomic E-state index is 10.1. The summed E-state index contributed by atoms with van der Waals surface area (Å²) in [5.74, 6) is 0. The van der Waals surface area contributed by atoms with Crippen LogP contribution in [0.2, 0.25) is 0 Å². The molecule has 0 heterocycles. The Kier molecular flexibility index (Phi) is 11.2. The van der Waals surface area contributed by atoms with E-state index in [4.69, 9.17) is 0 Å². The molecule has 30 heavy (non-hydrogen) atoms. The van der Waals surface area contributed by atoms with E-state index < -0.39 is 0 Å². The first-order valence-electron chi connectivity index (χ1n) is 8.87. The Bertz CT molecular complexity index is 978. The summed E-state index contributed by atoms with van der Waals surface area (Å²) in [5.41, 5.74) is 5.82. The van der Waals surface area contributed by atoms with E-state index in [-0.39, 0.29) is 0 Å². The molecule has 0 aliphatic carbocycles. The molecule has 8 nitrogen and oxygen atoms in total. The molecule has 2 aromatic rings. The molecule has 0 aliphatic heterocycles. The van der Waals surface area contributed by atoms with Crippen molar-refractivity contribution in [3.63, 3.8) is 0 Å². The normalized spacial score (nSPS) is 8.87. The van der Waals surface area contributed by atoms with Crippen LogP contribution in [0.3, 0.4) is 0 Å². The van der Waals surface area contributed by atoms with Gasteiger partial charge in [-0.3, -0.25) is 0 Å². The van der Waals surface area contributed by atoms with Crippen LogP contribution in [0.5, 0.6) is 0 Å². The first kappa shape index (κ1) is 24.0. The van der Waals surface area contributed by atoms with Crippen LogP contribution in [-0.4, -0.2) is 24.3 Å². The van der Waals surface area contributed by atoms with Crippen molar-refractivity contribution in [2.24, 2.45) is 20.0 Å². The van der Waals surface area contributed by atoms with Gasteiger partial charge in [0.25, 0.3) is 0 Å². The average molecular weight is 404 g/mol. The number of nitrogens with zero attached hydrogens (tertiary/aromatic N) is 4.